The van der Waals surface area contributed by atoms with Crippen LogP contribution in [-0.2, 0) is 0 Å². The van der Waals surface area contributed by atoms with Gasteiger partial charge in [0.25, 0.3) is 0 Å². The van der Waals surface area contributed by atoms with Gasteiger partial charge in [-0.25, -0.2) is 14.4 Å². The Labute approximate surface area is 202 Å². The molecular formula is C25H29FN8O. The highest BCUT2D eigenvalue weighted by atomic mass is 19.1. The van der Waals surface area contributed by atoms with Crippen molar-refractivity contribution in [2.75, 3.05) is 23.3 Å². The fourth-order valence-electron chi connectivity index (χ4n) is 5.07. The Morgan fingerprint density at radius 1 is 1.03 bits per heavy atom. The van der Waals surface area contributed by atoms with E-state index in [1.807, 2.05) is 19.9 Å². The number of anilines is 2. The van der Waals surface area contributed by atoms with Crippen LogP contribution in [0.1, 0.15) is 51.1 Å². The summed E-state index contributed by atoms with van der Waals surface area (Å²) in [5.74, 6) is 0.970. The van der Waals surface area contributed by atoms with E-state index in [1.165, 1.54) is 12.1 Å². The molecule has 2 fully saturated rings. The average molecular weight is 477 g/mol. The number of nitrogens with one attached hydrogen (secondary N) is 1. The normalized spacial score (nSPS) is 22.9. The second-order valence-electron chi connectivity index (χ2n) is 10.0. The van der Waals surface area contributed by atoms with E-state index in [9.17, 15) is 9.50 Å². The largest absolute Gasteiger partial charge is 0.390 e. The van der Waals surface area contributed by atoms with Crippen molar-refractivity contribution in [3.05, 3.63) is 35.8 Å². The number of hydrogen-bond acceptors (Lipinski definition) is 8. The quantitative estimate of drug-likeness (QED) is 0.457. The number of halogens is 1. The van der Waals surface area contributed by atoms with E-state index < -0.39 is 5.60 Å². The number of benzene rings is 1. The molecular weight excluding hydrogens is 447 g/mol. The highest BCUT2D eigenvalue weighted by molar-refractivity contribution is 5.78. The van der Waals surface area contributed by atoms with Crippen molar-refractivity contribution in [2.24, 2.45) is 0 Å². The first-order valence-electron chi connectivity index (χ1n) is 12.3. The van der Waals surface area contributed by atoms with Gasteiger partial charge < -0.3 is 15.3 Å². The molecule has 1 saturated carbocycles. The van der Waals surface area contributed by atoms with E-state index in [-0.39, 0.29) is 11.9 Å². The molecule has 2 N–H and O–H groups in total. The van der Waals surface area contributed by atoms with Crippen LogP contribution in [0.25, 0.3) is 28.1 Å². The minimum absolute atomic E-state index is 0.192. The zero-order chi connectivity index (χ0) is 24.2. The van der Waals surface area contributed by atoms with E-state index in [4.69, 9.17) is 15.1 Å². The van der Waals surface area contributed by atoms with Crippen molar-refractivity contribution < 1.29 is 9.50 Å². The number of aryl methyl sites for hydroxylation is 1. The van der Waals surface area contributed by atoms with E-state index in [2.05, 4.69) is 20.2 Å². The lowest BCUT2D eigenvalue weighted by atomic mass is 9.84. The number of fused-ring (bicyclic) bond motifs is 2. The van der Waals surface area contributed by atoms with Gasteiger partial charge in [-0.2, -0.15) is 19.6 Å². The summed E-state index contributed by atoms with van der Waals surface area (Å²) >= 11 is 0. The molecule has 10 heteroatoms. The van der Waals surface area contributed by atoms with Crippen LogP contribution >= 0.6 is 0 Å². The van der Waals surface area contributed by atoms with Crippen molar-refractivity contribution >= 4 is 28.6 Å². The summed E-state index contributed by atoms with van der Waals surface area (Å²) in [4.78, 5) is 21.2. The minimum Gasteiger partial charge on any atom is -0.390 e. The van der Waals surface area contributed by atoms with E-state index in [1.54, 1.807) is 10.6 Å². The lowest BCUT2D eigenvalue weighted by Crippen LogP contribution is -2.36. The molecule has 1 aromatic carbocycles. The zero-order valence-corrected chi connectivity index (χ0v) is 20.0. The van der Waals surface area contributed by atoms with Gasteiger partial charge >= 0.3 is 0 Å². The third kappa shape index (κ3) is 4.27. The number of aliphatic hydroxyl groups is 1. The summed E-state index contributed by atoms with van der Waals surface area (Å²) in [6.07, 6.45) is 5.44. The summed E-state index contributed by atoms with van der Waals surface area (Å²) in [6.45, 7) is 5.65. The summed E-state index contributed by atoms with van der Waals surface area (Å²) < 4.78 is 15.5. The van der Waals surface area contributed by atoms with Crippen LogP contribution in [0.4, 0.5) is 16.3 Å². The number of nitrogens with zero attached hydrogens (tertiary/aromatic N) is 7. The fraction of sp³-hybridized carbons (Fsp3) is 0.480. The van der Waals surface area contributed by atoms with Gasteiger partial charge in [-0.15, -0.1) is 0 Å². The first kappa shape index (κ1) is 22.1. The minimum atomic E-state index is -0.607. The smallest absolute Gasteiger partial charge is 0.230 e. The number of hydrogen-bond donors (Lipinski definition) is 2. The molecule has 0 unspecified atom stereocenters. The first-order valence-corrected chi connectivity index (χ1v) is 12.3. The molecule has 0 radical (unpaired) electrons. The SMILES string of the molecule is Cc1nc2ccc(F)cc2nc1-c1cc2nc(N3CCCC3)nc(NC3CCC(C)(O)CC3)n2n1. The van der Waals surface area contributed by atoms with Gasteiger partial charge in [-0.3, -0.25) is 0 Å². The Bertz CT molecular complexity index is 1400. The molecule has 182 valence electrons. The summed E-state index contributed by atoms with van der Waals surface area (Å²) in [5, 5.41) is 18.7. The van der Waals surface area contributed by atoms with Crippen molar-refractivity contribution in [2.45, 2.75) is 64.0 Å². The third-order valence-electron chi connectivity index (χ3n) is 7.14. The van der Waals surface area contributed by atoms with Gasteiger partial charge in [-0.1, -0.05) is 0 Å². The molecule has 2 aliphatic rings. The van der Waals surface area contributed by atoms with Gasteiger partial charge in [-0.05, 0) is 64.5 Å². The second kappa shape index (κ2) is 8.37. The van der Waals surface area contributed by atoms with Crippen LogP contribution in [0.15, 0.2) is 24.3 Å². The highest BCUT2D eigenvalue weighted by Gasteiger charge is 2.30. The predicted molar refractivity (Wildman–Crippen MR) is 132 cm³/mol. The van der Waals surface area contributed by atoms with Crippen molar-refractivity contribution in [3.8, 4) is 11.4 Å². The topological polar surface area (TPSA) is 104 Å². The summed E-state index contributed by atoms with van der Waals surface area (Å²) in [6, 6.07) is 6.49. The van der Waals surface area contributed by atoms with Crippen LogP contribution in [0, 0.1) is 12.7 Å². The molecule has 1 saturated heterocycles. The average Bonchev–Trinajstić information content (AvgIpc) is 3.50. The summed E-state index contributed by atoms with van der Waals surface area (Å²) in [7, 11) is 0. The Morgan fingerprint density at radius 2 is 1.80 bits per heavy atom. The fourth-order valence-corrected chi connectivity index (χ4v) is 5.07. The van der Waals surface area contributed by atoms with Crippen molar-refractivity contribution in [1.82, 2.24) is 29.5 Å². The van der Waals surface area contributed by atoms with Gasteiger partial charge in [0.1, 0.15) is 17.2 Å². The Balaban J connectivity index is 1.42. The molecule has 4 aromatic rings. The molecule has 1 aliphatic heterocycles. The molecule has 3 aromatic heterocycles. The first-order chi connectivity index (χ1) is 16.8. The lowest BCUT2D eigenvalue weighted by molar-refractivity contribution is 0.0195. The maximum atomic E-state index is 13.8. The van der Waals surface area contributed by atoms with Gasteiger partial charge in [0.2, 0.25) is 11.9 Å². The maximum absolute atomic E-state index is 13.8. The molecule has 0 amide bonds. The van der Waals surface area contributed by atoms with Crippen molar-refractivity contribution in [3.63, 3.8) is 0 Å². The maximum Gasteiger partial charge on any atom is 0.230 e. The van der Waals surface area contributed by atoms with E-state index in [0.29, 0.717) is 45.7 Å². The third-order valence-corrected chi connectivity index (χ3v) is 7.14. The predicted octanol–water partition coefficient (Wildman–Crippen LogP) is 3.89. The molecule has 0 spiro atoms. The van der Waals surface area contributed by atoms with Gasteiger partial charge in [0, 0.05) is 31.3 Å². The monoisotopic (exact) mass is 476 g/mol. The van der Waals surface area contributed by atoms with E-state index >= 15 is 0 Å². The molecule has 35 heavy (non-hydrogen) atoms. The van der Waals surface area contributed by atoms with Crippen molar-refractivity contribution in [1.29, 1.82) is 0 Å². The summed E-state index contributed by atoms with van der Waals surface area (Å²) in [5.41, 5.74) is 3.11. The molecule has 9 nitrogen and oxygen atoms in total. The highest BCUT2D eigenvalue weighted by Crippen LogP contribution is 2.31. The van der Waals surface area contributed by atoms with Crippen LogP contribution in [-0.4, -0.2) is 59.4 Å². The Hall–Kier alpha value is -3.40. The van der Waals surface area contributed by atoms with Crippen LogP contribution in [0.3, 0.4) is 0 Å². The molecule has 0 bridgehead atoms. The Kier molecular flexibility index (Phi) is 5.28. The van der Waals surface area contributed by atoms with Crippen LogP contribution in [0.2, 0.25) is 0 Å². The Morgan fingerprint density at radius 3 is 2.57 bits per heavy atom. The molecule has 4 heterocycles. The lowest BCUT2D eigenvalue weighted by Gasteiger charge is -2.33. The van der Waals surface area contributed by atoms with E-state index in [0.717, 1.165) is 51.6 Å². The zero-order valence-electron chi connectivity index (χ0n) is 20.0. The molecule has 0 atom stereocenters. The van der Waals surface area contributed by atoms with Gasteiger partial charge in [0.15, 0.2) is 5.65 Å². The standard InChI is InChI=1S/C25H29FN8O/c1-15-22(29-19-13-16(26)5-6-18(19)27-15)20-14-21-30-23(33-11-3-4-12-33)31-24(34(21)32-20)28-17-7-9-25(2,35)10-8-17/h5-6,13-14,17,35H,3-4,7-12H2,1-2H3,(H,28,30,31). The molecule has 6 rings (SSSR count). The number of aromatic nitrogens is 6. The molecule has 1 aliphatic carbocycles. The number of rotatable bonds is 4. The second-order valence-corrected chi connectivity index (χ2v) is 10.0. The van der Waals surface area contributed by atoms with Gasteiger partial charge in [0.05, 0.1) is 22.3 Å². The van der Waals surface area contributed by atoms with Crippen LogP contribution < -0.4 is 10.2 Å². The van der Waals surface area contributed by atoms with Crippen LogP contribution in [0.5, 0.6) is 0 Å².